The van der Waals surface area contributed by atoms with E-state index >= 15 is 0 Å². The molecule has 0 radical (unpaired) electrons. The zero-order valence-electron chi connectivity index (χ0n) is 29.3. The van der Waals surface area contributed by atoms with E-state index in [0.717, 1.165) is 49.6 Å². The number of fused-ring (bicyclic) bond motifs is 13. The maximum Gasteiger partial charge on any atom is 0.143 e. The molecule has 0 spiro atoms. The lowest BCUT2D eigenvalue weighted by atomic mass is 9.79. The van der Waals surface area contributed by atoms with E-state index in [1.54, 1.807) is 0 Å². The molecule has 2 aromatic heterocycles. The fraction of sp³-hybridized carbons (Fsp3) is 0.0588. The highest BCUT2D eigenvalue weighted by molar-refractivity contribution is 6.27. The van der Waals surface area contributed by atoms with Crippen LogP contribution in [0.2, 0.25) is 0 Å². The summed E-state index contributed by atoms with van der Waals surface area (Å²) in [7, 11) is 0. The molecule has 53 heavy (non-hydrogen) atoms. The molecule has 248 valence electrons. The minimum absolute atomic E-state index is 0.192. The van der Waals surface area contributed by atoms with Crippen molar-refractivity contribution in [2.75, 3.05) is 0 Å². The summed E-state index contributed by atoms with van der Waals surface area (Å²) in [6.07, 6.45) is 0. The Bertz CT molecular complexity index is 3310. The molecule has 0 fully saturated rings. The van der Waals surface area contributed by atoms with Crippen molar-refractivity contribution in [3.63, 3.8) is 0 Å². The van der Waals surface area contributed by atoms with Gasteiger partial charge in [0.25, 0.3) is 0 Å². The van der Waals surface area contributed by atoms with Crippen molar-refractivity contribution in [2.24, 2.45) is 0 Å². The predicted octanol–water partition coefficient (Wildman–Crippen LogP) is 14.6. The third-order valence-electron chi connectivity index (χ3n) is 12.0. The van der Waals surface area contributed by atoms with Crippen molar-refractivity contribution in [2.45, 2.75) is 19.3 Å². The molecule has 2 heteroatoms. The Morgan fingerprint density at radius 3 is 1.72 bits per heavy atom. The number of rotatable bonds is 2. The van der Waals surface area contributed by atoms with E-state index in [1.807, 2.05) is 12.1 Å². The normalized spacial score (nSPS) is 13.6. The third-order valence-corrected chi connectivity index (χ3v) is 12.0. The van der Waals surface area contributed by atoms with Crippen LogP contribution in [0.4, 0.5) is 0 Å². The molecular weight excluding hydrogens is 645 g/mol. The Hall–Kier alpha value is -6.64. The fourth-order valence-electron chi connectivity index (χ4n) is 9.60. The van der Waals surface area contributed by atoms with Gasteiger partial charge in [0.05, 0.1) is 0 Å². The molecule has 0 bridgehead atoms. The summed E-state index contributed by atoms with van der Waals surface area (Å²) in [6, 6.07) is 57.3. The first-order valence-corrected chi connectivity index (χ1v) is 18.4. The molecule has 0 atom stereocenters. The molecule has 1 aliphatic carbocycles. The van der Waals surface area contributed by atoms with Crippen LogP contribution in [0.1, 0.15) is 25.0 Å². The summed E-state index contributed by atoms with van der Waals surface area (Å²) < 4.78 is 13.5. The van der Waals surface area contributed by atoms with Gasteiger partial charge in [-0.1, -0.05) is 135 Å². The second kappa shape index (κ2) is 10.2. The average Bonchev–Trinajstić information content (AvgIpc) is 3.83. The van der Waals surface area contributed by atoms with Gasteiger partial charge in [0.1, 0.15) is 22.3 Å². The number of benzene rings is 9. The van der Waals surface area contributed by atoms with E-state index in [0.29, 0.717) is 0 Å². The van der Waals surface area contributed by atoms with E-state index in [-0.39, 0.29) is 5.41 Å². The molecule has 0 saturated heterocycles. The van der Waals surface area contributed by atoms with Crippen molar-refractivity contribution >= 4 is 76.2 Å². The maximum absolute atomic E-state index is 7.13. The first-order valence-electron chi connectivity index (χ1n) is 18.4. The highest BCUT2D eigenvalue weighted by Crippen LogP contribution is 2.56. The second-order valence-corrected chi connectivity index (χ2v) is 15.2. The third kappa shape index (κ3) is 3.82. The smallest absolute Gasteiger partial charge is 0.143 e. The summed E-state index contributed by atoms with van der Waals surface area (Å²) in [5, 5.41) is 11.8. The number of para-hydroxylation sites is 1. The summed E-state index contributed by atoms with van der Waals surface area (Å²) in [5.74, 6) is 0. The summed E-state index contributed by atoms with van der Waals surface area (Å²) in [5.41, 5.74) is 13.4. The number of furan rings is 2. The summed E-state index contributed by atoms with van der Waals surface area (Å²) >= 11 is 0. The van der Waals surface area contributed by atoms with Crippen LogP contribution in [0.5, 0.6) is 0 Å². The van der Waals surface area contributed by atoms with Gasteiger partial charge in [0, 0.05) is 38.1 Å². The van der Waals surface area contributed by atoms with Gasteiger partial charge in [0.15, 0.2) is 0 Å². The van der Waals surface area contributed by atoms with Gasteiger partial charge in [-0.15, -0.1) is 0 Å². The molecule has 12 rings (SSSR count). The van der Waals surface area contributed by atoms with Gasteiger partial charge < -0.3 is 8.83 Å². The molecule has 11 aromatic rings. The second-order valence-electron chi connectivity index (χ2n) is 15.2. The van der Waals surface area contributed by atoms with Gasteiger partial charge in [-0.2, -0.15) is 0 Å². The molecule has 2 heterocycles. The molecule has 0 saturated carbocycles. The maximum atomic E-state index is 7.13. The zero-order valence-corrected chi connectivity index (χ0v) is 29.3. The summed E-state index contributed by atoms with van der Waals surface area (Å²) in [6.45, 7) is 4.75. The highest BCUT2D eigenvalue weighted by atomic mass is 16.3. The van der Waals surface area contributed by atoms with Gasteiger partial charge in [-0.25, -0.2) is 0 Å². The first-order chi connectivity index (χ1) is 26.0. The Kier molecular flexibility index (Phi) is 5.60. The first kappa shape index (κ1) is 29.0. The SMILES string of the molecule is CC1(C)c2ccccc2-c2c1cc(-c1c3ccccc3c(-c3ccc4c(c3)oc3ccccc34)c3ccccc13)c1oc3cc4ccccc4cc3c21. The van der Waals surface area contributed by atoms with Gasteiger partial charge in [-0.3, -0.25) is 0 Å². The van der Waals surface area contributed by atoms with Crippen LogP contribution in [0.3, 0.4) is 0 Å². The Labute approximate surface area is 305 Å². The minimum Gasteiger partial charge on any atom is -0.456 e. The van der Waals surface area contributed by atoms with Crippen LogP contribution in [-0.2, 0) is 5.41 Å². The van der Waals surface area contributed by atoms with Crippen LogP contribution in [-0.4, -0.2) is 0 Å². The predicted molar refractivity (Wildman–Crippen MR) is 222 cm³/mol. The van der Waals surface area contributed by atoms with E-state index < -0.39 is 0 Å². The molecule has 0 aliphatic heterocycles. The van der Waals surface area contributed by atoms with Crippen LogP contribution in [0.25, 0.3) is 110 Å². The molecule has 0 amide bonds. The number of hydrogen-bond acceptors (Lipinski definition) is 2. The molecule has 0 N–H and O–H groups in total. The van der Waals surface area contributed by atoms with Crippen molar-refractivity contribution in [1.82, 2.24) is 0 Å². The van der Waals surface area contributed by atoms with Crippen LogP contribution >= 0.6 is 0 Å². The van der Waals surface area contributed by atoms with E-state index in [9.17, 15) is 0 Å². The topological polar surface area (TPSA) is 26.3 Å². The molecule has 0 unspecified atom stereocenters. The molecule has 1 aliphatic rings. The highest BCUT2D eigenvalue weighted by Gasteiger charge is 2.39. The van der Waals surface area contributed by atoms with Gasteiger partial charge >= 0.3 is 0 Å². The molecular formula is C51H32O2. The lowest BCUT2D eigenvalue weighted by molar-refractivity contribution is 0.657. The Balaban J connectivity index is 1.23. The molecule has 9 aromatic carbocycles. The van der Waals surface area contributed by atoms with Crippen LogP contribution < -0.4 is 0 Å². The van der Waals surface area contributed by atoms with Gasteiger partial charge in [-0.05, 0) is 102 Å². The van der Waals surface area contributed by atoms with Crippen molar-refractivity contribution in [3.05, 3.63) is 169 Å². The quantitative estimate of drug-likeness (QED) is 0.170. The lowest BCUT2D eigenvalue weighted by Gasteiger charge is -2.23. The lowest BCUT2D eigenvalue weighted by Crippen LogP contribution is -2.15. The monoisotopic (exact) mass is 676 g/mol. The minimum atomic E-state index is -0.192. The standard InChI is InChI=1S/C51H32O2/c1-51(2)41-21-11-9-20-38(41)48-42(51)28-40(50-49(48)39-25-29-13-3-4-14-30(29)26-45(39)53-50)47-36-18-7-5-16-34(36)46(35-17-6-8-19-37(35)47)31-23-24-33-32-15-10-12-22-43(32)52-44(33)27-31/h3-28H,1-2H3. The number of hydrogen-bond donors (Lipinski definition) is 0. The van der Waals surface area contributed by atoms with Crippen molar-refractivity contribution in [3.8, 4) is 33.4 Å². The average molecular weight is 677 g/mol. The molecule has 2 nitrogen and oxygen atoms in total. The van der Waals surface area contributed by atoms with E-state index in [4.69, 9.17) is 8.83 Å². The van der Waals surface area contributed by atoms with Crippen LogP contribution in [0.15, 0.2) is 167 Å². The van der Waals surface area contributed by atoms with Crippen molar-refractivity contribution < 1.29 is 8.83 Å². The Morgan fingerprint density at radius 2 is 0.962 bits per heavy atom. The Morgan fingerprint density at radius 1 is 0.377 bits per heavy atom. The van der Waals surface area contributed by atoms with Crippen LogP contribution in [0, 0.1) is 0 Å². The fourth-order valence-corrected chi connectivity index (χ4v) is 9.60. The van der Waals surface area contributed by atoms with E-state index in [1.165, 1.54) is 71.1 Å². The largest absolute Gasteiger partial charge is 0.456 e. The summed E-state index contributed by atoms with van der Waals surface area (Å²) in [4.78, 5) is 0. The van der Waals surface area contributed by atoms with Gasteiger partial charge in [0.2, 0.25) is 0 Å². The zero-order chi connectivity index (χ0) is 35.0. The van der Waals surface area contributed by atoms with E-state index in [2.05, 4.69) is 159 Å². The van der Waals surface area contributed by atoms with Crippen molar-refractivity contribution in [1.29, 1.82) is 0 Å².